The number of carbonyl (C=O) groups is 1. The van der Waals surface area contributed by atoms with E-state index in [-0.39, 0.29) is 5.91 Å². The zero-order chi connectivity index (χ0) is 19.7. The Morgan fingerprint density at radius 1 is 1.25 bits per heavy atom. The van der Waals surface area contributed by atoms with Crippen molar-refractivity contribution in [3.8, 4) is 11.3 Å². The van der Waals surface area contributed by atoms with E-state index in [4.69, 9.17) is 9.72 Å². The molecule has 0 saturated carbocycles. The maximum Gasteiger partial charge on any atom is 0.245 e. The molecule has 0 atom stereocenters. The van der Waals surface area contributed by atoms with E-state index in [9.17, 15) is 9.90 Å². The Morgan fingerprint density at radius 2 is 1.96 bits per heavy atom. The predicted molar refractivity (Wildman–Crippen MR) is 107 cm³/mol. The summed E-state index contributed by atoms with van der Waals surface area (Å²) >= 11 is 0. The highest BCUT2D eigenvalue weighted by Gasteiger charge is 2.28. The average Bonchev–Trinajstić information content (AvgIpc) is 2.68. The fourth-order valence-corrected chi connectivity index (χ4v) is 3.69. The van der Waals surface area contributed by atoms with Gasteiger partial charge in [0.1, 0.15) is 0 Å². The van der Waals surface area contributed by atoms with E-state index in [1.54, 1.807) is 20.0 Å². The summed E-state index contributed by atoms with van der Waals surface area (Å²) in [5.74, 6) is 1.66. The van der Waals surface area contributed by atoms with Gasteiger partial charge in [0, 0.05) is 25.3 Å². The third-order valence-electron chi connectivity index (χ3n) is 5.35. The molecule has 148 valence electrons. The van der Waals surface area contributed by atoms with Crippen molar-refractivity contribution in [1.29, 1.82) is 0 Å². The summed E-state index contributed by atoms with van der Waals surface area (Å²) in [6.07, 6.45) is 3.67. The number of ether oxygens (including phenoxy) is 1. The largest absolute Gasteiger partial charge is 0.386 e. The van der Waals surface area contributed by atoms with Crippen LogP contribution in [-0.2, 0) is 15.1 Å². The molecule has 1 saturated heterocycles. The predicted octanol–water partition coefficient (Wildman–Crippen LogP) is 2.56. The van der Waals surface area contributed by atoms with Gasteiger partial charge in [-0.2, -0.15) is 0 Å². The molecule has 0 aliphatic carbocycles. The van der Waals surface area contributed by atoms with Gasteiger partial charge in [0.15, 0.2) is 11.6 Å². The molecule has 0 spiro atoms. The van der Waals surface area contributed by atoms with Gasteiger partial charge in [-0.05, 0) is 38.2 Å². The Kier molecular flexibility index (Phi) is 5.03. The number of rotatable bonds is 4. The van der Waals surface area contributed by atoms with E-state index in [1.807, 2.05) is 29.2 Å². The van der Waals surface area contributed by atoms with Gasteiger partial charge in [0.2, 0.25) is 5.91 Å². The summed E-state index contributed by atoms with van der Waals surface area (Å²) < 4.78 is 5.45. The number of benzene rings is 1. The van der Waals surface area contributed by atoms with Gasteiger partial charge in [-0.1, -0.05) is 24.3 Å². The van der Waals surface area contributed by atoms with Crippen LogP contribution < -0.4 is 10.2 Å². The van der Waals surface area contributed by atoms with Crippen molar-refractivity contribution in [2.45, 2.75) is 32.3 Å². The van der Waals surface area contributed by atoms with Crippen molar-refractivity contribution >= 4 is 17.5 Å². The highest BCUT2D eigenvalue weighted by atomic mass is 16.5. The molecular weight excluding hydrogens is 356 g/mol. The Labute approximate surface area is 164 Å². The van der Waals surface area contributed by atoms with Gasteiger partial charge >= 0.3 is 0 Å². The van der Waals surface area contributed by atoms with Crippen LogP contribution in [0.4, 0.5) is 11.6 Å². The van der Waals surface area contributed by atoms with E-state index in [1.165, 1.54) is 0 Å². The summed E-state index contributed by atoms with van der Waals surface area (Å²) in [7, 11) is 0. The molecule has 1 aromatic heterocycles. The van der Waals surface area contributed by atoms with Gasteiger partial charge in [-0.15, -0.1) is 0 Å². The van der Waals surface area contributed by atoms with Crippen molar-refractivity contribution in [2.75, 3.05) is 36.5 Å². The number of aromatic nitrogens is 2. The second-order valence-electron chi connectivity index (χ2n) is 8.05. The molecule has 1 fully saturated rings. The highest BCUT2D eigenvalue weighted by Crippen LogP contribution is 2.31. The zero-order valence-corrected chi connectivity index (χ0v) is 16.3. The van der Waals surface area contributed by atoms with E-state index in [0.717, 1.165) is 55.2 Å². The molecule has 1 amide bonds. The van der Waals surface area contributed by atoms with Gasteiger partial charge in [-0.25, -0.2) is 9.97 Å². The van der Waals surface area contributed by atoms with Crippen molar-refractivity contribution < 1.29 is 14.6 Å². The first-order chi connectivity index (χ1) is 13.4. The summed E-state index contributed by atoms with van der Waals surface area (Å²) in [6.45, 7) is 6.14. The van der Waals surface area contributed by atoms with E-state index < -0.39 is 5.60 Å². The van der Waals surface area contributed by atoms with Crippen LogP contribution >= 0.6 is 0 Å². The monoisotopic (exact) mass is 382 g/mol. The normalized spacial score (nSPS) is 18.0. The van der Waals surface area contributed by atoms with Crippen molar-refractivity contribution in [1.82, 2.24) is 9.97 Å². The molecule has 7 nitrogen and oxygen atoms in total. The van der Waals surface area contributed by atoms with Crippen LogP contribution in [0.2, 0.25) is 0 Å². The van der Waals surface area contributed by atoms with Gasteiger partial charge in [0.05, 0.1) is 24.0 Å². The minimum absolute atomic E-state index is 0.0591. The minimum Gasteiger partial charge on any atom is -0.386 e. The minimum atomic E-state index is -0.884. The molecule has 2 N–H and O–H groups in total. The van der Waals surface area contributed by atoms with Crippen LogP contribution in [-0.4, -0.2) is 47.3 Å². The summed E-state index contributed by atoms with van der Waals surface area (Å²) in [4.78, 5) is 23.4. The van der Waals surface area contributed by atoms with E-state index in [0.29, 0.717) is 18.3 Å². The number of hydrogen-bond acceptors (Lipinski definition) is 6. The summed E-state index contributed by atoms with van der Waals surface area (Å²) in [6, 6.07) is 7.68. The number of carbonyl (C=O) groups excluding carboxylic acids is 1. The molecule has 0 radical (unpaired) electrons. The number of nitrogens with zero attached hydrogens (tertiary/aromatic N) is 3. The number of anilines is 2. The second kappa shape index (κ2) is 7.48. The molecule has 2 aliphatic rings. The molecule has 3 heterocycles. The smallest absolute Gasteiger partial charge is 0.245 e. The number of hydrogen-bond donors (Lipinski definition) is 2. The van der Waals surface area contributed by atoms with Gasteiger partial charge < -0.3 is 20.1 Å². The third kappa shape index (κ3) is 4.00. The topological polar surface area (TPSA) is 87.6 Å². The van der Waals surface area contributed by atoms with Crippen LogP contribution in [0.15, 0.2) is 30.5 Å². The summed E-state index contributed by atoms with van der Waals surface area (Å²) in [5.41, 5.74) is 1.63. The molecule has 28 heavy (non-hydrogen) atoms. The maximum absolute atomic E-state index is 12.1. The number of aliphatic hydroxyl groups is 1. The van der Waals surface area contributed by atoms with E-state index in [2.05, 4.69) is 10.3 Å². The lowest BCUT2D eigenvalue weighted by Crippen LogP contribution is -2.42. The Hall–Kier alpha value is -2.51. The lowest BCUT2D eigenvalue weighted by Gasteiger charge is -2.33. The first kappa shape index (κ1) is 18.8. The molecule has 7 heteroatoms. The lowest BCUT2D eigenvalue weighted by molar-refractivity contribution is -0.115. The third-order valence-corrected chi connectivity index (χ3v) is 5.35. The average molecular weight is 382 g/mol. The number of amides is 1. The van der Waals surface area contributed by atoms with Crippen LogP contribution in [0.5, 0.6) is 0 Å². The van der Waals surface area contributed by atoms with Crippen LogP contribution in [0.25, 0.3) is 11.3 Å². The second-order valence-corrected chi connectivity index (χ2v) is 8.05. The Balaban J connectivity index is 1.61. The molecule has 2 aliphatic heterocycles. The van der Waals surface area contributed by atoms with Crippen molar-refractivity contribution in [3.63, 3.8) is 0 Å². The number of nitrogens with one attached hydrogen (secondary N) is 1. The zero-order valence-electron chi connectivity index (χ0n) is 16.3. The molecular formula is C21H26N4O3. The molecule has 4 rings (SSSR count). The molecule has 0 unspecified atom stereocenters. The number of fused-ring (bicyclic) bond motifs is 1. The van der Waals surface area contributed by atoms with E-state index >= 15 is 0 Å². The van der Waals surface area contributed by atoms with Gasteiger partial charge in [-0.3, -0.25) is 4.79 Å². The summed E-state index contributed by atoms with van der Waals surface area (Å²) in [5, 5.41) is 13.0. The first-order valence-electron chi connectivity index (χ1n) is 9.73. The van der Waals surface area contributed by atoms with Crippen LogP contribution in [0, 0.1) is 5.92 Å². The molecule has 1 aromatic carbocycles. The van der Waals surface area contributed by atoms with Crippen molar-refractivity contribution in [2.24, 2.45) is 5.92 Å². The molecule has 2 aromatic rings. The van der Waals surface area contributed by atoms with Crippen molar-refractivity contribution in [3.05, 3.63) is 36.0 Å². The van der Waals surface area contributed by atoms with Gasteiger partial charge in [0.25, 0.3) is 0 Å². The lowest BCUT2D eigenvalue weighted by atomic mass is 9.97. The van der Waals surface area contributed by atoms with Crippen LogP contribution in [0.3, 0.4) is 0 Å². The SMILES string of the molecule is CC(C)(O)c1ccc(-c2cnc3c(n2)N(CC2CCOCC2)CC(=O)N3)cc1. The fourth-order valence-electron chi connectivity index (χ4n) is 3.69. The molecule has 0 bridgehead atoms. The Bertz CT molecular complexity index is 855. The van der Waals surface area contributed by atoms with Crippen LogP contribution in [0.1, 0.15) is 32.3 Å². The first-order valence-corrected chi connectivity index (χ1v) is 9.73. The Morgan fingerprint density at radius 3 is 2.64 bits per heavy atom. The highest BCUT2D eigenvalue weighted by molar-refractivity contribution is 5.99. The fraction of sp³-hybridized carbons (Fsp3) is 0.476. The maximum atomic E-state index is 12.1. The standard InChI is InChI=1S/C21H26N4O3/c1-21(2,27)16-5-3-15(4-6-16)17-11-22-19-20(23-17)25(13-18(26)24-19)12-14-7-9-28-10-8-14/h3-6,11,14,27H,7-10,12-13H2,1-2H3,(H,22,24,26). The quantitative estimate of drug-likeness (QED) is 0.845.